The molecule has 15 heavy (non-hydrogen) atoms. The van der Waals surface area contributed by atoms with E-state index in [4.69, 9.17) is 4.74 Å². The van der Waals surface area contributed by atoms with E-state index in [1.54, 1.807) is 0 Å². The summed E-state index contributed by atoms with van der Waals surface area (Å²) in [6, 6.07) is 4.50. The molecule has 0 atom stereocenters. The molecule has 1 heteroatoms. The highest BCUT2D eigenvalue weighted by Crippen LogP contribution is 2.25. The highest BCUT2D eigenvalue weighted by molar-refractivity contribution is 5.43. The molecule has 0 bridgehead atoms. The Morgan fingerprint density at radius 1 is 1.13 bits per heavy atom. The highest BCUT2D eigenvalue weighted by atomic mass is 16.5. The summed E-state index contributed by atoms with van der Waals surface area (Å²) < 4.78 is 5.63. The van der Waals surface area contributed by atoms with Crippen molar-refractivity contribution in [3.8, 4) is 5.75 Å². The lowest BCUT2D eigenvalue weighted by molar-refractivity contribution is 0.335. The fraction of sp³-hybridized carbons (Fsp3) is 0.571. The van der Waals surface area contributed by atoms with Crippen LogP contribution in [0.3, 0.4) is 0 Å². The summed E-state index contributed by atoms with van der Waals surface area (Å²) in [5.74, 6) is 1.77. The molecule has 1 aromatic carbocycles. The molecular weight excluding hydrogens is 184 g/mol. The molecule has 0 amide bonds. The quantitative estimate of drug-likeness (QED) is 0.726. The average molecular weight is 206 g/mol. The molecule has 1 aromatic rings. The van der Waals surface area contributed by atoms with Gasteiger partial charge in [-0.1, -0.05) is 26.0 Å². The van der Waals surface area contributed by atoms with Crippen molar-refractivity contribution in [3.05, 3.63) is 28.8 Å². The molecule has 0 fully saturated rings. The van der Waals surface area contributed by atoms with Crippen molar-refractivity contribution in [1.82, 2.24) is 0 Å². The fourth-order valence-corrected chi connectivity index (χ4v) is 2.00. The van der Waals surface area contributed by atoms with Gasteiger partial charge in [0.25, 0.3) is 0 Å². The second kappa shape index (κ2) is 5.20. The third-order valence-electron chi connectivity index (χ3n) is 2.45. The predicted octanol–water partition coefficient (Wildman–Crippen LogP) is 3.90. The van der Waals surface area contributed by atoms with Gasteiger partial charge in [0, 0.05) is 0 Å². The summed E-state index contributed by atoms with van der Waals surface area (Å²) in [6.45, 7) is 11.5. The molecular formula is C14H22O. The SMILES string of the molecule is CCOc1c(C)cc(CC(C)C)cc1C. The normalized spacial score (nSPS) is 10.8. The van der Waals surface area contributed by atoms with Crippen molar-refractivity contribution >= 4 is 0 Å². The minimum Gasteiger partial charge on any atom is -0.493 e. The first-order valence-corrected chi connectivity index (χ1v) is 5.77. The molecule has 0 aliphatic rings. The molecule has 1 nitrogen and oxygen atoms in total. The molecule has 0 radical (unpaired) electrons. The van der Waals surface area contributed by atoms with Crippen molar-refractivity contribution in [1.29, 1.82) is 0 Å². The third-order valence-corrected chi connectivity index (χ3v) is 2.45. The van der Waals surface area contributed by atoms with E-state index in [1.807, 2.05) is 6.92 Å². The van der Waals surface area contributed by atoms with E-state index in [2.05, 4.69) is 39.8 Å². The lowest BCUT2D eigenvalue weighted by Crippen LogP contribution is -2.00. The Hall–Kier alpha value is -0.980. The standard InChI is InChI=1S/C14H22O/c1-6-15-14-11(4)8-13(7-10(2)3)9-12(14)5/h8-10H,6-7H2,1-5H3. The van der Waals surface area contributed by atoms with Crippen LogP contribution in [0.2, 0.25) is 0 Å². The molecule has 84 valence electrons. The lowest BCUT2D eigenvalue weighted by Gasteiger charge is -2.13. The van der Waals surface area contributed by atoms with Crippen molar-refractivity contribution in [2.45, 2.75) is 41.0 Å². The van der Waals surface area contributed by atoms with Crippen molar-refractivity contribution in [2.24, 2.45) is 5.92 Å². The van der Waals surface area contributed by atoms with Gasteiger partial charge in [-0.25, -0.2) is 0 Å². The van der Waals surface area contributed by atoms with Gasteiger partial charge >= 0.3 is 0 Å². The van der Waals surface area contributed by atoms with Crippen LogP contribution < -0.4 is 4.74 Å². The molecule has 1 rings (SSSR count). The average Bonchev–Trinajstić information content (AvgIpc) is 2.10. The first-order chi connectivity index (χ1) is 7.04. The van der Waals surface area contributed by atoms with Crippen LogP contribution in [0.4, 0.5) is 0 Å². The fourth-order valence-electron chi connectivity index (χ4n) is 2.00. The minimum absolute atomic E-state index is 0.710. The Balaban J connectivity index is 2.97. The Morgan fingerprint density at radius 3 is 2.07 bits per heavy atom. The molecule has 0 saturated heterocycles. The maximum absolute atomic E-state index is 5.63. The summed E-state index contributed by atoms with van der Waals surface area (Å²) in [5.41, 5.74) is 3.93. The Bertz CT molecular complexity index is 303. The van der Waals surface area contributed by atoms with Gasteiger partial charge in [-0.2, -0.15) is 0 Å². The zero-order valence-corrected chi connectivity index (χ0v) is 10.6. The molecule has 0 aliphatic carbocycles. The highest BCUT2D eigenvalue weighted by Gasteiger charge is 2.06. The maximum atomic E-state index is 5.63. The van der Waals surface area contributed by atoms with E-state index in [0.29, 0.717) is 5.92 Å². The van der Waals surface area contributed by atoms with Gasteiger partial charge in [0.1, 0.15) is 5.75 Å². The third kappa shape index (κ3) is 3.26. The number of aryl methyl sites for hydroxylation is 2. The van der Waals surface area contributed by atoms with Crippen molar-refractivity contribution < 1.29 is 4.74 Å². The Morgan fingerprint density at radius 2 is 1.67 bits per heavy atom. The predicted molar refractivity (Wildman–Crippen MR) is 65.6 cm³/mol. The second-order valence-corrected chi connectivity index (χ2v) is 4.59. The number of hydrogen-bond acceptors (Lipinski definition) is 1. The van der Waals surface area contributed by atoms with Crippen molar-refractivity contribution in [3.63, 3.8) is 0 Å². The minimum atomic E-state index is 0.710. The van der Waals surface area contributed by atoms with Gasteiger partial charge in [-0.05, 0) is 49.8 Å². The van der Waals surface area contributed by atoms with E-state index >= 15 is 0 Å². The van der Waals surface area contributed by atoms with E-state index in [9.17, 15) is 0 Å². The van der Waals surface area contributed by atoms with E-state index in [-0.39, 0.29) is 0 Å². The Kier molecular flexibility index (Phi) is 4.19. The van der Waals surface area contributed by atoms with Crippen LogP contribution in [-0.2, 0) is 6.42 Å². The van der Waals surface area contributed by atoms with Gasteiger partial charge in [0.2, 0.25) is 0 Å². The van der Waals surface area contributed by atoms with E-state index in [1.165, 1.54) is 16.7 Å². The van der Waals surface area contributed by atoms with Gasteiger partial charge in [0.15, 0.2) is 0 Å². The molecule has 0 unspecified atom stereocenters. The van der Waals surface area contributed by atoms with Gasteiger partial charge in [-0.15, -0.1) is 0 Å². The van der Waals surface area contributed by atoms with Crippen LogP contribution in [0.1, 0.15) is 37.5 Å². The van der Waals surface area contributed by atoms with Crippen LogP contribution >= 0.6 is 0 Å². The number of benzene rings is 1. The van der Waals surface area contributed by atoms with Crippen LogP contribution in [0, 0.1) is 19.8 Å². The summed E-state index contributed by atoms with van der Waals surface area (Å²) in [6.07, 6.45) is 1.15. The topological polar surface area (TPSA) is 9.23 Å². The summed E-state index contributed by atoms with van der Waals surface area (Å²) in [7, 11) is 0. The van der Waals surface area contributed by atoms with Crippen molar-refractivity contribution in [2.75, 3.05) is 6.61 Å². The zero-order valence-electron chi connectivity index (χ0n) is 10.6. The van der Waals surface area contributed by atoms with Gasteiger partial charge in [0.05, 0.1) is 6.61 Å². The lowest BCUT2D eigenvalue weighted by atomic mass is 9.98. The summed E-state index contributed by atoms with van der Waals surface area (Å²) >= 11 is 0. The molecule has 0 spiro atoms. The molecule has 0 heterocycles. The summed E-state index contributed by atoms with van der Waals surface area (Å²) in [4.78, 5) is 0. The second-order valence-electron chi connectivity index (χ2n) is 4.59. The van der Waals surface area contributed by atoms with Gasteiger partial charge < -0.3 is 4.74 Å². The molecule has 0 saturated carbocycles. The van der Waals surface area contributed by atoms with Crippen LogP contribution in [0.25, 0.3) is 0 Å². The smallest absolute Gasteiger partial charge is 0.125 e. The van der Waals surface area contributed by atoms with Crippen LogP contribution in [0.15, 0.2) is 12.1 Å². The van der Waals surface area contributed by atoms with Crippen LogP contribution in [0.5, 0.6) is 5.75 Å². The number of rotatable bonds is 4. The maximum Gasteiger partial charge on any atom is 0.125 e. The molecule has 0 N–H and O–H groups in total. The first-order valence-electron chi connectivity index (χ1n) is 5.77. The largest absolute Gasteiger partial charge is 0.493 e. The van der Waals surface area contributed by atoms with E-state index in [0.717, 1.165) is 18.8 Å². The molecule has 0 aliphatic heterocycles. The van der Waals surface area contributed by atoms with Gasteiger partial charge in [-0.3, -0.25) is 0 Å². The summed E-state index contributed by atoms with van der Waals surface area (Å²) in [5, 5.41) is 0. The molecule has 0 aromatic heterocycles. The zero-order chi connectivity index (χ0) is 11.4. The Labute approximate surface area is 93.5 Å². The number of hydrogen-bond donors (Lipinski definition) is 0. The van der Waals surface area contributed by atoms with E-state index < -0.39 is 0 Å². The van der Waals surface area contributed by atoms with Crippen LogP contribution in [-0.4, -0.2) is 6.61 Å². The number of ether oxygens (including phenoxy) is 1. The first kappa shape index (κ1) is 12.1. The monoisotopic (exact) mass is 206 g/mol.